The summed E-state index contributed by atoms with van der Waals surface area (Å²) in [6, 6.07) is 6.30. The van der Waals surface area contributed by atoms with Gasteiger partial charge in [0.05, 0.1) is 23.2 Å². The van der Waals surface area contributed by atoms with Crippen LogP contribution < -0.4 is 5.73 Å². The second kappa shape index (κ2) is 5.09. The van der Waals surface area contributed by atoms with Crippen molar-refractivity contribution >= 4 is 16.7 Å². The Morgan fingerprint density at radius 1 is 1.35 bits per heavy atom. The van der Waals surface area contributed by atoms with Gasteiger partial charge in [0.15, 0.2) is 0 Å². The average molecular weight is 273 g/mol. The molecule has 2 N–H and O–H groups in total. The SMILES string of the molecule is CC(C)c1nc2cc(N)ccc2n1C(C)C1CCCO1. The van der Waals surface area contributed by atoms with Gasteiger partial charge >= 0.3 is 0 Å². The molecule has 20 heavy (non-hydrogen) atoms. The van der Waals surface area contributed by atoms with Gasteiger partial charge in [0, 0.05) is 18.2 Å². The molecule has 1 aliphatic heterocycles. The summed E-state index contributed by atoms with van der Waals surface area (Å²) < 4.78 is 8.22. The molecule has 0 radical (unpaired) electrons. The fraction of sp³-hybridized carbons (Fsp3) is 0.562. The van der Waals surface area contributed by atoms with Crippen molar-refractivity contribution in [2.45, 2.75) is 51.7 Å². The molecule has 2 atom stereocenters. The number of anilines is 1. The van der Waals surface area contributed by atoms with Crippen LogP contribution in [0.2, 0.25) is 0 Å². The van der Waals surface area contributed by atoms with E-state index in [1.54, 1.807) is 0 Å². The standard InChI is InChI=1S/C16H23N3O/c1-10(2)16-18-13-9-12(17)6-7-14(13)19(16)11(3)15-5-4-8-20-15/h6-7,9-11,15H,4-5,8,17H2,1-3H3. The van der Waals surface area contributed by atoms with E-state index in [0.29, 0.717) is 18.1 Å². The van der Waals surface area contributed by atoms with Gasteiger partial charge in [0.2, 0.25) is 0 Å². The first-order valence-electron chi connectivity index (χ1n) is 7.47. The lowest BCUT2D eigenvalue weighted by Crippen LogP contribution is -2.23. The largest absolute Gasteiger partial charge is 0.399 e. The Labute approximate surface area is 119 Å². The molecule has 4 heteroatoms. The van der Waals surface area contributed by atoms with Crippen LogP contribution in [0, 0.1) is 0 Å². The predicted octanol–water partition coefficient (Wildman–Crippen LogP) is 3.48. The van der Waals surface area contributed by atoms with Crippen LogP contribution in [0.5, 0.6) is 0 Å². The van der Waals surface area contributed by atoms with E-state index in [0.717, 1.165) is 42.0 Å². The summed E-state index contributed by atoms with van der Waals surface area (Å²) in [5.41, 5.74) is 8.79. The van der Waals surface area contributed by atoms with E-state index in [1.165, 1.54) is 0 Å². The second-order valence-corrected chi connectivity index (χ2v) is 6.03. The number of fused-ring (bicyclic) bond motifs is 1. The summed E-state index contributed by atoms with van der Waals surface area (Å²) in [4.78, 5) is 4.79. The minimum Gasteiger partial charge on any atom is -0.399 e. The fourth-order valence-corrected chi connectivity index (χ4v) is 3.12. The monoisotopic (exact) mass is 273 g/mol. The summed E-state index contributed by atoms with van der Waals surface area (Å²) in [6.07, 6.45) is 2.58. The first kappa shape index (κ1) is 13.4. The zero-order valence-electron chi connectivity index (χ0n) is 12.5. The number of nitrogen functional groups attached to an aromatic ring is 1. The molecule has 1 saturated heterocycles. The summed E-state index contributed by atoms with van der Waals surface area (Å²) in [5.74, 6) is 1.50. The topological polar surface area (TPSA) is 53.1 Å². The van der Waals surface area contributed by atoms with Gasteiger partial charge in [-0.2, -0.15) is 0 Å². The first-order chi connectivity index (χ1) is 9.58. The van der Waals surface area contributed by atoms with Crippen LogP contribution in [0.4, 0.5) is 5.69 Å². The molecule has 0 bridgehead atoms. The molecule has 108 valence electrons. The molecule has 1 aromatic heterocycles. The van der Waals surface area contributed by atoms with Gasteiger partial charge in [-0.3, -0.25) is 0 Å². The van der Waals surface area contributed by atoms with Crippen molar-refractivity contribution in [3.8, 4) is 0 Å². The molecule has 2 aromatic rings. The van der Waals surface area contributed by atoms with Crippen LogP contribution >= 0.6 is 0 Å². The fourth-order valence-electron chi connectivity index (χ4n) is 3.12. The molecule has 3 rings (SSSR count). The molecule has 2 heterocycles. The maximum absolute atomic E-state index is 5.88. The number of imidazole rings is 1. The Kier molecular flexibility index (Phi) is 3.42. The average Bonchev–Trinajstić information content (AvgIpc) is 3.04. The van der Waals surface area contributed by atoms with Gasteiger partial charge < -0.3 is 15.0 Å². The molecule has 1 fully saturated rings. The normalized spacial score (nSPS) is 20.9. The first-order valence-corrected chi connectivity index (χ1v) is 7.47. The smallest absolute Gasteiger partial charge is 0.112 e. The Morgan fingerprint density at radius 2 is 2.15 bits per heavy atom. The third-order valence-electron chi connectivity index (χ3n) is 4.17. The van der Waals surface area contributed by atoms with E-state index in [2.05, 4.69) is 31.4 Å². The number of rotatable bonds is 3. The number of nitrogens with zero attached hydrogens (tertiary/aromatic N) is 2. The highest BCUT2D eigenvalue weighted by molar-refractivity contribution is 5.80. The zero-order valence-corrected chi connectivity index (χ0v) is 12.5. The number of hydrogen-bond donors (Lipinski definition) is 1. The van der Waals surface area contributed by atoms with Gasteiger partial charge in [-0.25, -0.2) is 4.98 Å². The van der Waals surface area contributed by atoms with Crippen molar-refractivity contribution in [2.24, 2.45) is 0 Å². The van der Waals surface area contributed by atoms with Crippen LogP contribution in [-0.2, 0) is 4.74 Å². The van der Waals surface area contributed by atoms with Gasteiger partial charge in [-0.15, -0.1) is 0 Å². The molecule has 0 saturated carbocycles. The highest BCUT2D eigenvalue weighted by Crippen LogP contribution is 2.32. The van der Waals surface area contributed by atoms with Gasteiger partial charge in [-0.05, 0) is 38.0 Å². The minimum atomic E-state index is 0.294. The molecule has 0 aliphatic carbocycles. The predicted molar refractivity (Wildman–Crippen MR) is 81.9 cm³/mol. The van der Waals surface area contributed by atoms with Gasteiger partial charge in [0.1, 0.15) is 5.82 Å². The van der Waals surface area contributed by atoms with Crippen molar-refractivity contribution in [3.05, 3.63) is 24.0 Å². The molecule has 2 unspecified atom stereocenters. The van der Waals surface area contributed by atoms with Crippen LogP contribution in [-0.4, -0.2) is 22.3 Å². The molecule has 4 nitrogen and oxygen atoms in total. The lowest BCUT2D eigenvalue weighted by Gasteiger charge is -2.24. The number of ether oxygens (including phenoxy) is 1. The summed E-state index contributed by atoms with van der Waals surface area (Å²) in [5, 5.41) is 0. The van der Waals surface area contributed by atoms with Crippen LogP contribution in [0.15, 0.2) is 18.2 Å². The molecular weight excluding hydrogens is 250 g/mol. The Balaban J connectivity index is 2.13. The number of hydrogen-bond acceptors (Lipinski definition) is 3. The number of benzene rings is 1. The van der Waals surface area contributed by atoms with E-state index >= 15 is 0 Å². The summed E-state index contributed by atoms with van der Waals surface area (Å²) in [6.45, 7) is 7.48. The summed E-state index contributed by atoms with van der Waals surface area (Å²) >= 11 is 0. The highest BCUT2D eigenvalue weighted by Gasteiger charge is 2.27. The summed E-state index contributed by atoms with van der Waals surface area (Å²) in [7, 11) is 0. The maximum Gasteiger partial charge on any atom is 0.112 e. The molecule has 1 aliphatic rings. The van der Waals surface area contributed by atoms with E-state index in [9.17, 15) is 0 Å². The van der Waals surface area contributed by atoms with Crippen molar-refractivity contribution in [2.75, 3.05) is 12.3 Å². The van der Waals surface area contributed by atoms with E-state index < -0.39 is 0 Å². The quantitative estimate of drug-likeness (QED) is 0.871. The number of nitrogens with two attached hydrogens (primary N) is 1. The Morgan fingerprint density at radius 3 is 2.80 bits per heavy atom. The number of aromatic nitrogens is 2. The van der Waals surface area contributed by atoms with Gasteiger partial charge in [0.25, 0.3) is 0 Å². The third kappa shape index (κ3) is 2.18. The molecule has 1 aromatic carbocycles. The van der Waals surface area contributed by atoms with Crippen molar-refractivity contribution in [1.29, 1.82) is 0 Å². The lowest BCUT2D eigenvalue weighted by molar-refractivity contribution is 0.0734. The molecular formula is C16H23N3O. The Hall–Kier alpha value is -1.55. The highest BCUT2D eigenvalue weighted by atomic mass is 16.5. The second-order valence-electron chi connectivity index (χ2n) is 6.03. The van der Waals surface area contributed by atoms with Crippen LogP contribution in [0.1, 0.15) is 51.4 Å². The van der Waals surface area contributed by atoms with E-state index in [1.807, 2.05) is 12.1 Å². The van der Waals surface area contributed by atoms with Gasteiger partial charge in [-0.1, -0.05) is 13.8 Å². The third-order valence-corrected chi connectivity index (χ3v) is 4.17. The van der Waals surface area contributed by atoms with Crippen LogP contribution in [0.25, 0.3) is 11.0 Å². The maximum atomic E-state index is 5.88. The molecule has 0 amide bonds. The van der Waals surface area contributed by atoms with E-state index in [4.69, 9.17) is 15.5 Å². The van der Waals surface area contributed by atoms with Crippen molar-refractivity contribution in [1.82, 2.24) is 9.55 Å². The van der Waals surface area contributed by atoms with Crippen molar-refractivity contribution < 1.29 is 4.74 Å². The molecule has 0 spiro atoms. The van der Waals surface area contributed by atoms with Crippen LogP contribution in [0.3, 0.4) is 0 Å². The lowest BCUT2D eigenvalue weighted by atomic mass is 10.1. The minimum absolute atomic E-state index is 0.294. The zero-order chi connectivity index (χ0) is 14.3. The van der Waals surface area contributed by atoms with Crippen molar-refractivity contribution in [3.63, 3.8) is 0 Å². The van der Waals surface area contributed by atoms with E-state index in [-0.39, 0.29) is 0 Å². The Bertz CT molecular complexity index is 611.